The SMILES string of the molecule is CN=C(NCCc1ccc(S(C)(=O)=O)cc1)NCc1ccnc(OCC2CC2)c1. The molecule has 156 valence electrons. The molecule has 3 rings (SSSR count). The molecule has 0 amide bonds. The van der Waals surface area contributed by atoms with E-state index in [-0.39, 0.29) is 0 Å². The third-order valence-electron chi connectivity index (χ3n) is 4.70. The number of nitrogens with zero attached hydrogens (tertiary/aromatic N) is 2. The van der Waals surface area contributed by atoms with Crippen molar-refractivity contribution in [3.63, 3.8) is 0 Å². The molecule has 2 N–H and O–H groups in total. The van der Waals surface area contributed by atoms with E-state index in [0.29, 0.717) is 35.7 Å². The molecule has 2 aromatic rings. The third-order valence-corrected chi connectivity index (χ3v) is 5.83. The van der Waals surface area contributed by atoms with Crippen LogP contribution in [0.1, 0.15) is 24.0 Å². The van der Waals surface area contributed by atoms with Crippen molar-refractivity contribution >= 4 is 15.8 Å². The standard InChI is InChI=1S/C21H28N4O3S/c1-22-21(24-12-9-16-5-7-19(8-6-16)29(2,26)27)25-14-18-10-11-23-20(13-18)28-15-17-3-4-17/h5-8,10-11,13,17H,3-4,9,12,14-15H2,1-2H3,(H2,22,24,25). The van der Waals surface area contributed by atoms with Crippen LogP contribution in [-0.2, 0) is 22.8 Å². The van der Waals surface area contributed by atoms with E-state index in [1.165, 1.54) is 19.1 Å². The Hall–Kier alpha value is -2.61. The lowest BCUT2D eigenvalue weighted by Crippen LogP contribution is -2.37. The van der Waals surface area contributed by atoms with Gasteiger partial charge in [-0.1, -0.05) is 12.1 Å². The van der Waals surface area contributed by atoms with Crippen molar-refractivity contribution < 1.29 is 13.2 Å². The summed E-state index contributed by atoms with van der Waals surface area (Å²) in [6.45, 7) is 2.05. The first kappa shape index (κ1) is 21.1. The molecule has 0 saturated heterocycles. The molecule has 1 aromatic carbocycles. The number of rotatable bonds is 9. The summed E-state index contributed by atoms with van der Waals surface area (Å²) in [6.07, 6.45) is 6.25. The number of hydrogen-bond acceptors (Lipinski definition) is 5. The smallest absolute Gasteiger partial charge is 0.213 e. The third kappa shape index (κ3) is 7.05. The average Bonchev–Trinajstić information content (AvgIpc) is 3.53. The summed E-state index contributed by atoms with van der Waals surface area (Å²) >= 11 is 0. The zero-order valence-electron chi connectivity index (χ0n) is 16.9. The van der Waals surface area contributed by atoms with Crippen LogP contribution < -0.4 is 15.4 Å². The summed E-state index contributed by atoms with van der Waals surface area (Å²) in [4.78, 5) is 8.83. The van der Waals surface area contributed by atoms with Gasteiger partial charge in [0.1, 0.15) is 0 Å². The molecule has 1 heterocycles. The van der Waals surface area contributed by atoms with E-state index in [1.807, 2.05) is 24.3 Å². The van der Waals surface area contributed by atoms with Crippen molar-refractivity contribution in [1.82, 2.24) is 15.6 Å². The van der Waals surface area contributed by atoms with E-state index >= 15 is 0 Å². The second kappa shape index (κ2) is 9.73. The molecule has 0 spiro atoms. The first-order valence-electron chi connectivity index (χ1n) is 9.75. The molecule has 0 aliphatic heterocycles. The van der Waals surface area contributed by atoms with Crippen LogP contribution in [0.2, 0.25) is 0 Å². The van der Waals surface area contributed by atoms with Crippen LogP contribution in [0.4, 0.5) is 0 Å². The second-order valence-electron chi connectivity index (χ2n) is 7.28. The maximum Gasteiger partial charge on any atom is 0.213 e. The molecule has 8 heteroatoms. The minimum Gasteiger partial charge on any atom is -0.477 e. The molecule has 7 nitrogen and oxygen atoms in total. The van der Waals surface area contributed by atoms with Gasteiger partial charge in [-0.15, -0.1) is 0 Å². The first-order valence-corrected chi connectivity index (χ1v) is 11.6. The quantitative estimate of drug-likeness (QED) is 0.481. The Kier molecular flexibility index (Phi) is 7.09. The number of nitrogens with one attached hydrogen (secondary N) is 2. The van der Waals surface area contributed by atoms with Gasteiger partial charge in [-0.2, -0.15) is 0 Å². The Bertz CT molecular complexity index is 939. The van der Waals surface area contributed by atoms with Crippen molar-refractivity contribution in [2.75, 3.05) is 26.5 Å². The topological polar surface area (TPSA) is 92.7 Å². The zero-order chi connectivity index (χ0) is 20.7. The number of guanidine groups is 1. The molecule has 0 unspecified atom stereocenters. The molecule has 1 aromatic heterocycles. The van der Waals surface area contributed by atoms with Gasteiger partial charge in [0.15, 0.2) is 15.8 Å². The van der Waals surface area contributed by atoms with Crippen molar-refractivity contribution in [3.8, 4) is 5.88 Å². The maximum absolute atomic E-state index is 11.5. The Balaban J connectivity index is 1.43. The average molecular weight is 417 g/mol. The lowest BCUT2D eigenvalue weighted by Gasteiger charge is -2.13. The molecule has 1 aliphatic rings. The zero-order valence-corrected chi connectivity index (χ0v) is 17.7. The van der Waals surface area contributed by atoms with Crippen LogP contribution in [0.3, 0.4) is 0 Å². The van der Waals surface area contributed by atoms with Crippen LogP contribution in [0.15, 0.2) is 52.5 Å². The minimum absolute atomic E-state index is 0.338. The largest absolute Gasteiger partial charge is 0.477 e. The van der Waals surface area contributed by atoms with E-state index in [4.69, 9.17) is 4.74 Å². The van der Waals surface area contributed by atoms with Crippen molar-refractivity contribution in [1.29, 1.82) is 0 Å². The van der Waals surface area contributed by atoms with Crippen LogP contribution in [0.25, 0.3) is 0 Å². The number of sulfone groups is 1. The predicted molar refractivity (Wildman–Crippen MR) is 114 cm³/mol. The fourth-order valence-electron chi connectivity index (χ4n) is 2.76. The van der Waals surface area contributed by atoms with Gasteiger partial charge in [-0.05, 0) is 54.5 Å². The molecule has 1 aliphatic carbocycles. The van der Waals surface area contributed by atoms with Gasteiger partial charge in [0.05, 0.1) is 11.5 Å². The molecule has 1 fully saturated rings. The molecule has 1 saturated carbocycles. The van der Waals surface area contributed by atoms with Crippen LogP contribution in [0, 0.1) is 5.92 Å². The van der Waals surface area contributed by atoms with E-state index in [1.54, 1.807) is 25.4 Å². The molecular formula is C21H28N4O3S. The van der Waals surface area contributed by atoms with E-state index in [9.17, 15) is 8.42 Å². The number of benzene rings is 1. The van der Waals surface area contributed by atoms with E-state index in [2.05, 4.69) is 20.6 Å². The highest BCUT2D eigenvalue weighted by molar-refractivity contribution is 7.90. The van der Waals surface area contributed by atoms with Crippen LogP contribution in [-0.4, -0.2) is 45.8 Å². The van der Waals surface area contributed by atoms with Gasteiger partial charge in [0.2, 0.25) is 5.88 Å². The van der Waals surface area contributed by atoms with E-state index < -0.39 is 9.84 Å². The second-order valence-corrected chi connectivity index (χ2v) is 9.29. The Morgan fingerprint density at radius 2 is 1.93 bits per heavy atom. The van der Waals surface area contributed by atoms with Gasteiger partial charge >= 0.3 is 0 Å². The van der Waals surface area contributed by atoms with Crippen LogP contribution in [0.5, 0.6) is 5.88 Å². The fourth-order valence-corrected chi connectivity index (χ4v) is 3.39. The summed E-state index contributed by atoms with van der Waals surface area (Å²) in [5.74, 6) is 2.07. The van der Waals surface area contributed by atoms with Gasteiger partial charge in [0, 0.05) is 38.7 Å². The fraction of sp³-hybridized carbons (Fsp3) is 0.429. The summed E-state index contributed by atoms with van der Waals surface area (Å²) in [5, 5.41) is 6.55. The molecule has 0 bridgehead atoms. The number of hydrogen-bond donors (Lipinski definition) is 2. The summed E-state index contributed by atoms with van der Waals surface area (Å²) in [7, 11) is -1.43. The van der Waals surface area contributed by atoms with Crippen molar-refractivity contribution in [3.05, 3.63) is 53.7 Å². The van der Waals surface area contributed by atoms with Gasteiger partial charge < -0.3 is 15.4 Å². The Morgan fingerprint density at radius 3 is 2.59 bits per heavy atom. The number of aromatic nitrogens is 1. The lowest BCUT2D eigenvalue weighted by atomic mass is 10.1. The van der Waals surface area contributed by atoms with Crippen LogP contribution >= 0.6 is 0 Å². The summed E-state index contributed by atoms with van der Waals surface area (Å²) in [6, 6.07) is 10.9. The number of pyridine rings is 1. The Labute approximate surface area is 172 Å². The highest BCUT2D eigenvalue weighted by Crippen LogP contribution is 2.29. The van der Waals surface area contributed by atoms with Gasteiger partial charge in [-0.25, -0.2) is 13.4 Å². The molecule has 29 heavy (non-hydrogen) atoms. The lowest BCUT2D eigenvalue weighted by molar-refractivity contribution is 0.288. The number of aliphatic imine (C=N–C) groups is 1. The minimum atomic E-state index is -3.16. The van der Waals surface area contributed by atoms with Gasteiger partial charge in [-0.3, -0.25) is 4.99 Å². The highest BCUT2D eigenvalue weighted by Gasteiger charge is 2.22. The molecular weight excluding hydrogens is 388 g/mol. The summed E-state index contributed by atoms with van der Waals surface area (Å²) in [5.41, 5.74) is 2.14. The normalized spacial score (nSPS) is 14.5. The molecule has 0 radical (unpaired) electrons. The van der Waals surface area contributed by atoms with Crippen molar-refractivity contribution in [2.24, 2.45) is 10.9 Å². The number of ether oxygens (including phenoxy) is 1. The maximum atomic E-state index is 11.5. The monoisotopic (exact) mass is 416 g/mol. The van der Waals surface area contributed by atoms with E-state index in [0.717, 1.165) is 24.2 Å². The highest BCUT2D eigenvalue weighted by atomic mass is 32.2. The van der Waals surface area contributed by atoms with Gasteiger partial charge in [0.25, 0.3) is 0 Å². The first-order chi connectivity index (χ1) is 13.9. The predicted octanol–water partition coefficient (Wildman–Crippen LogP) is 2.18. The molecule has 0 atom stereocenters. The Morgan fingerprint density at radius 1 is 1.17 bits per heavy atom. The summed E-state index contributed by atoms with van der Waals surface area (Å²) < 4.78 is 28.8. The van der Waals surface area contributed by atoms with Crippen molar-refractivity contribution in [2.45, 2.75) is 30.7 Å².